The predicted octanol–water partition coefficient (Wildman–Crippen LogP) is 0.804. The number of aliphatic hydroxyl groups is 1. The van der Waals surface area contributed by atoms with E-state index in [1.54, 1.807) is 0 Å². The van der Waals surface area contributed by atoms with Crippen LogP contribution in [0.2, 0.25) is 0 Å². The number of nitrogens with zero attached hydrogens (tertiary/aromatic N) is 1. The van der Waals surface area contributed by atoms with E-state index in [1.807, 2.05) is 7.05 Å². The Hall–Kier alpha value is -0.160. The van der Waals surface area contributed by atoms with Gasteiger partial charge in [-0.3, -0.25) is 0 Å². The number of nitrogens with one attached hydrogen (secondary N) is 1. The van der Waals surface area contributed by atoms with Crippen LogP contribution in [0.4, 0.5) is 0 Å². The minimum Gasteiger partial charge on any atom is -0.368 e. The molecule has 100 valence electrons. The first-order valence-corrected chi connectivity index (χ1v) is 6.90. The molecule has 0 aromatic heterocycles. The molecule has 4 nitrogen and oxygen atoms in total. The zero-order valence-corrected chi connectivity index (χ0v) is 11.1. The van der Waals surface area contributed by atoms with Gasteiger partial charge in [0.25, 0.3) is 0 Å². The molecule has 0 aromatic rings. The second kappa shape index (κ2) is 6.14. The fourth-order valence-electron chi connectivity index (χ4n) is 3.16. The second-order valence-corrected chi connectivity index (χ2v) is 5.54. The average Bonchev–Trinajstić information content (AvgIpc) is 2.74. The Morgan fingerprint density at radius 2 is 2.06 bits per heavy atom. The van der Waals surface area contributed by atoms with Crippen LogP contribution in [-0.4, -0.2) is 55.6 Å². The molecule has 4 heteroatoms. The SMILES string of the molecule is CNC1CCCCC1C(O)OC1CCN(C)C1. The van der Waals surface area contributed by atoms with E-state index in [4.69, 9.17) is 4.74 Å². The highest BCUT2D eigenvalue weighted by Gasteiger charge is 2.33. The van der Waals surface area contributed by atoms with Gasteiger partial charge in [-0.05, 0) is 33.4 Å². The Labute approximate surface area is 104 Å². The Kier molecular flexibility index (Phi) is 4.79. The van der Waals surface area contributed by atoms with Crippen LogP contribution in [0.15, 0.2) is 0 Å². The van der Waals surface area contributed by atoms with Crippen molar-refractivity contribution in [3.63, 3.8) is 0 Å². The van der Waals surface area contributed by atoms with Gasteiger partial charge in [0, 0.05) is 25.0 Å². The van der Waals surface area contributed by atoms with E-state index in [2.05, 4.69) is 17.3 Å². The number of hydrogen-bond donors (Lipinski definition) is 2. The number of ether oxygens (including phenoxy) is 1. The fraction of sp³-hybridized carbons (Fsp3) is 1.00. The number of rotatable bonds is 4. The summed E-state index contributed by atoms with van der Waals surface area (Å²) < 4.78 is 5.83. The predicted molar refractivity (Wildman–Crippen MR) is 67.8 cm³/mol. The van der Waals surface area contributed by atoms with Crippen LogP contribution in [-0.2, 0) is 4.74 Å². The molecule has 2 rings (SSSR count). The summed E-state index contributed by atoms with van der Waals surface area (Å²) in [6.07, 6.45) is 5.39. The molecule has 1 aliphatic heterocycles. The summed E-state index contributed by atoms with van der Waals surface area (Å²) in [4.78, 5) is 2.26. The molecule has 2 fully saturated rings. The monoisotopic (exact) mass is 242 g/mol. The molecule has 0 amide bonds. The van der Waals surface area contributed by atoms with Crippen molar-refractivity contribution in [2.45, 2.75) is 50.5 Å². The third-order valence-corrected chi connectivity index (χ3v) is 4.24. The van der Waals surface area contributed by atoms with Gasteiger partial charge in [0.15, 0.2) is 6.29 Å². The minimum atomic E-state index is -0.593. The molecule has 1 saturated carbocycles. The maximum absolute atomic E-state index is 10.2. The lowest BCUT2D eigenvalue weighted by molar-refractivity contribution is -0.172. The van der Waals surface area contributed by atoms with Crippen molar-refractivity contribution in [2.24, 2.45) is 5.92 Å². The van der Waals surface area contributed by atoms with Crippen molar-refractivity contribution >= 4 is 0 Å². The lowest BCUT2D eigenvalue weighted by Crippen LogP contribution is -2.44. The quantitative estimate of drug-likeness (QED) is 0.716. The molecule has 2 N–H and O–H groups in total. The van der Waals surface area contributed by atoms with Crippen LogP contribution in [0.3, 0.4) is 0 Å². The highest BCUT2D eigenvalue weighted by molar-refractivity contribution is 4.83. The van der Waals surface area contributed by atoms with Gasteiger partial charge in [0.1, 0.15) is 0 Å². The molecule has 1 saturated heterocycles. The summed E-state index contributed by atoms with van der Waals surface area (Å²) in [6, 6.07) is 0.415. The van der Waals surface area contributed by atoms with Crippen LogP contribution in [0.25, 0.3) is 0 Å². The smallest absolute Gasteiger partial charge is 0.159 e. The summed E-state index contributed by atoms with van der Waals surface area (Å²) in [7, 11) is 4.09. The van der Waals surface area contributed by atoms with Crippen LogP contribution >= 0.6 is 0 Å². The van der Waals surface area contributed by atoms with Crippen molar-refractivity contribution in [1.82, 2.24) is 10.2 Å². The second-order valence-electron chi connectivity index (χ2n) is 5.54. The van der Waals surface area contributed by atoms with Crippen molar-refractivity contribution < 1.29 is 9.84 Å². The van der Waals surface area contributed by atoms with Crippen molar-refractivity contribution in [3.05, 3.63) is 0 Å². The Morgan fingerprint density at radius 3 is 2.71 bits per heavy atom. The lowest BCUT2D eigenvalue weighted by atomic mass is 9.84. The van der Waals surface area contributed by atoms with E-state index < -0.39 is 6.29 Å². The van der Waals surface area contributed by atoms with Gasteiger partial charge >= 0.3 is 0 Å². The van der Waals surface area contributed by atoms with E-state index in [-0.39, 0.29) is 12.0 Å². The van der Waals surface area contributed by atoms with Crippen LogP contribution in [0.1, 0.15) is 32.1 Å². The first-order valence-electron chi connectivity index (χ1n) is 6.90. The third-order valence-electron chi connectivity index (χ3n) is 4.24. The third kappa shape index (κ3) is 3.41. The summed E-state index contributed by atoms with van der Waals surface area (Å²) in [5.74, 6) is 0.264. The first-order chi connectivity index (χ1) is 8.20. The van der Waals surface area contributed by atoms with Gasteiger partial charge in [-0.25, -0.2) is 0 Å². The molecular weight excluding hydrogens is 216 g/mol. The van der Waals surface area contributed by atoms with Crippen LogP contribution in [0.5, 0.6) is 0 Å². The molecule has 0 bridgehead atoms. The summed E-state index contributed by atoms with van der Waals surface area (Å²) in [5, 5.41) is 13.6. The van der Waals surface area contributed by atoms with Crippen LogP contribution < -0.4 is 5.32 Å². The summed E-state index contributed by atoms with van der Waals surface area (Å²) in [5.41, 5.74) is 0. The largest absolute Gasteiger partial charge is 0.368 e. The van der Waals surface area contributed by atoms with Crippen molar-refractivity contribution in [1.29, 1.82) is 0 Å². The number of hydrogen-bond acceptors (Lipinski definition) is 4. The van der Waals surface area contributed by atoms with Gasteiger partial charge in [-0.15, -0.1) is 0 Å². The molecule has 17 heavy (non-hydrogen) atoms. The van der Waals surface area contributed by atoms with Gasteiger partial charge < -0.3 is 20.1 Å². The molecule has 0 spiro atoms. The molecule has 4 atom stereocenters. The van der Waals surface area contributed by atoms with E-state index in [0.717, 1.165) is 32.4 Å². The Bertz CT molecular complexity index is 237. The molecule has 2 aliphatic rings. The van der Waals surface area contributed by atoms with Crippen LogP contribution in [0, 0.1) is 5.92 Å². The number of likely N-dealkylation sites (N-methyl/N-ethyl adjacent to an activating group) is 1. The zero-order valence-electron chi connectivity index (χ0n) is 11.1. The Balaban J connectivity index is 1.83. The first kappa shape index (κ1) is 13.3. The van der Waals surface area contributed by atoms with Gasteiger partial charge in [-0.2, -0.15) is 0 Å². The van der Waals surface area contributed by atoms with E-state index >= 15 is 0 Å². The normalized spacial score (nSPS) is 37.2. The molecule has 1 heterocycles. The lowest BCUT2D eigenvalue weighted by Gasteiger charge is -2.35. The summed E-state index contributed by atoms with van der Waals surface area (Å²) >= 11 is 0. The maximum Gasteiger partial charge on any atom is 0.159 e. The molecular formula is C13H26N2O2. The zero-order chi connectivity index (χ0) is 12.3. The van der Waals surface area contributed by atoms with Gasteiger partial charge in [0.2, 0.25) is 0 Å². The standard InChI is InChI=1S/C13H26N2O2/c1-14-12-6-4-3-5-11(12)13(16)17-10-7-8-15(2)9-10/h10-14,16H,3-9H2,1-2H3. The van der Waals surface area contributed by atoms with Crippen molar-refractivity contribution in [3.8, 4) is 0 Å². The highest BCUT2D eigenvalue weighted by Crippen LogP contribution is 2.28. The molecule has 0 radical (unpaired) electrons. The number of likely N-dealkylation sites (tertiary alicyclic amines) is 1. The van der Waals surface area contributed by atoms with Gasteiger partial charge in [0.05, 0.1) is 6.10 Å². The van der Waals surface area contributed by atoms with E-state index in [0.29, 0.717) is 6.04 Å². The van der Waals surface area contributed by atoms with Crippen molar-refractivity contribution in [2.75, 3.05) is 27.2 Å². The van der Waals surface area contributed by atoms with Gasteiger partial charge in [-0.1, -0.05) is 12.8 Å². The highest BCUT2D eigenvalue weighted by atomic mass is 16.6. The molecule has 4 unspecified atom stereocenters. The van der Waals surface area contributed by atoms with E-state index in [9.17, 15) is 5.11 Å². The average molecular weight is 242 g/mol. The molecule has 1 aliphatic carbocycles. The fourth-order valence-corrected chi connectivity index (χ4v) is 3.16. The summed E-state index contributed by atoms with van der Waals surface area (Å²) in [6.45, 7) is 2.03. The molecule has 0 aromatic carbocycles. The maximum atomic E-state index is 10.2. The van der Waals surface area contributed by atoms with E-state index in [1.165, 1.54) is 12.8 Å². The minimum absolute atomic E-state index is 0.217. The Morgan fingerprint density at radius 1 is 1.29 bits per heavy atom. The topological polar surface area (TPSA) is 44.7 Å². The number of aliphatic hydroxyl groups excluding tert-OH is 1.